The molecule has 2 heterocycles. The molecule has 23 heavy (non-hydrogen) atoms. The fraction of sp³-hybridized carbons (Fsp3) is 0.471. The zero-order valence-electron chi connectivity index (χ0n) is 13.8. The molecule has 1 N–H and O–H groups in total. The number of benzene rings is 1. The third-order valence-corrected chi connectivity index (χ3v) is 6.42. The summed E-state index contributed by atoms with van der Waals surface area (Å²) in [5.41, 5.74) is 4.20. The second-order valence-electron chi connectivity index (χ2n) is 6.80. The third-order valence-electron chi connectivity index (χ3n) is 4.54. The quantitative estimate of drug-likeness (QED) is 0.934. The lowest BCUT2D eigenvalue weighted by atomic mass is 10.0. The lowest BCUT2D eigenvalue weighted by molar-refractivity contribution is 0.328. The summed E-state index contributed by atoms with van der Waals surface area (Å²) in [6.45, 7) is 6.80. The van der Waals surface area contributed by atoms with Crippen molar-refractivity contribution in [1.29, 1.82) is 0 Å². The summed E-state index contributed by atoms with van der Waals surface area (Å²) in [6.07, 6.45) is 4.39. The standard InChI is InChI=1S/C17H23N3O2S/c1-13-4-5-16(14(2)8-13)18-9-15-10-19-20(11-15)17(3)6-7-23(21,22)12-17/h4-5,8,10-11,18H,6-7,9,12H2,1-3H3/t17-/m0/s1. The molecular weight excluding hydrogens is 310 g/mol. The predicted molar refractivity (Wildman–Crippen MR) is 92.4 cm³/mol. The summed E-state index contributed by atoms with van der Waals surface area (Å²) >= 11 is 0. The van der Waals surface area contributed by atoms with Crippen molar-refractivity contribution in [3.05, 3.63) is 47.3 Å². The van der Waals surface area contributed by atoms with Gasteiger partial charge in [-0.25, -0.2) is 8.42 Å². The number of hydrogen-bond acceptors (Lipinski definition) is 4. The Labute approximate surface area is 137 Å². The van der Waals surface area contributed by atoms with E-state index in [9.17, 15) is 8.42 Å². The Balaban J connectivity index is 1.70. The number of sulfone groups is 1. The topological polar surface area (TPSA) is 64.0 Å². The van der Waals surface area contributed by atoms with Crippen molar-refractivity contribution in [2.45, 2.75) is 39.3 Å². The molecule has 6 heteroatoms. The number of nitrogens with one attached hydrogen (secondary N) is 1. The molecular formula is C17H23N3O2S. The van der Waals surface area contributed by atoms with Gasteiger partial charge in [-0.05, 0) is 38.8 Å². The number of nitrogens with zero attached hydrogens (tertiary/aromatic N) is 2. The number of anilines is 1. The van der Waals surface area contributed by atoms with Gasteiger partial charge in [0.1, 0.15) is 0 Å². The van der Waals surface area contributed by atoms with Crippen LogP contribution in [0.1, 0.15) is 30.0 Å². The molecule has 1 atom stereocenters. The van der Waals surface area contributed by atoms with Gasteiger partial charge in [-0.15, -0.1) is 0 Å². The van der Waals surface area contributed by atoms with Crippen molar-refractivity contribution < 1.29 is 8.42 Å². The van der Waals surface area contributed by atoms with Gasteiger partial charge in [-0.1, -0.05) is 17.7 Å². The summed E-state index contributed by atoms with van der Waals surface area (Å²) in [5, 5.41) is 7.81. The molecule has 1 saturated heterocycles. The summed E-state index contributed by atoms with van der Waals surface area (Å²) in [6, 6.07) is 6.32. The average Bonchev–Trinajstić information content (AvgIpc) is 3.04. The molecule has 2 aromatic rings. The van der Waals surface area contributed by atoms with Gasteiger partial charge in [0, 0.05) is 24.0 Å². The fourth-order valence-electron chi connectivity index (χ4n) is 3.13. The van der Waals surface area contributed by atoms with Gasteiger partial charge in [0.15, 0.2) is 9.84 Å². The SMILES string of the molecule is Cc1ccc(NCc2cnn([C@@]3(C)CCS(=O)(=O)C3)c2)c(C)c1. The number of aryl methyl sites for hydroxylation is 2. The molecule has 3 rings (SSSR count). The molecule has 0 saturated carbocycles. The lowest BCUT2D eigenvalue weighted by Gasteiger charge is -2.22. The third kappa shape index (κ3) is 3.42. The van der Waals surface area contributed by atoms with Gasteiger partial charge >= 0.3 is 0 Å². The Hall–Kier alpha value is -1.82. The molecule has 1 aliphatic heterocycles. The highest BCUT2D eigenvalue weighted by Crippen LogP contribution is 2.30. The van der Waals surface area contributed by atoms with Gasteiger partial charge in [-0.2, -0.15) is 5.10 Å². The number of aromatic nitrogens is 2. The summed E-state index contributed by atoms with van der Waals surface area (Å²) < 4.78 is 25.3. The molecule has 5 nitrogen and oxygen atoms in total. The summed E-state index contributed by atoms with van der Waals surface area (Å²) in [7, 11) is -2.93. The van der Waals surface area contributed by atoms with Crippen LogP contribution in [-0.4, -0.2) is 29.7 Å². The minimum atomic E-state index is -2.93. The van der Waals surface area contributed by atoms with Crippen LogP contribution >= 0.6 is 0 Å². The second kappa shape index (κ2) is 5.67. The van der Waals surface area contributed by atoms with E-state index in [1.165, 1.54) is 11.1 Å². The van der Waals surface area contributed by atoms with E-state index >= 15 is 0 Å². The molecule has 0 bridgehead atoms. The lowest BCUT2D eigenvalue weighted by Crippen LogP contribution is -2.31. The van der Waals surface area contributed by atoms with Crippen molar-refractivity contribution in [2.24, 2.45) is 0 Å². The van der Waals surface area contributed by atoms with Gasteiger partial charge in [0.05, 0.1) is 23.2 Å². The first-order chi connectivity index (χ1) is 10.8. The van der Waals surface area contributed by atoms with Crippen molar-refractivity contribution >= 4 is 15.5 Å². The molecule has 0 unspecified atom stereocenters. The summed E-state index contributed by atoms with van der Waals surface area (Å²) in [5.74, 6) is 0.422. The van der Waals surface area contributed by atoms with Crippen molar-refractivity contribution in [2.75, 3.05) is 16.8 Å². The van der Waals surface area contributed by atoms with E-state index in [-0.39, 0.29) is 11.5 Å². The van der Waals surface area contributed by atoms with Crippen LogP contribution in [0.15, 0.2) is 30.6 Å². The molecule has 0 amide bonds. The monoisotopic (exact) mass is 333 g/mol. The van der Waals surface area contributed by atoms with E-state index < -0.39 is 15.4 Å². The van der Waals surface area contributed by atoms with Crippen LogP contribution in [0.25, 0.3) is 0 Å². The van der Waals surface area contributed by atoms with E-state index in [0.29, 0.717) is 13.0 Å². The largest absolute Gasteiger partial charge is 0.381 e. The maximum Gasteiger partial charge on any atom is 0.152 e. The second-order valence-corrected chi connectivity index (χ2v) is 8.99. The summed E-state index contributed by atoms with van der Waals surface area (Å²) in [4.78, 5) is 0. The van der Waals surface area contributed by atoms with Crippen molar-refractivity contribution in [3.63, 3.8) is 0 Å². The Morgan fingerprint density at radius 2 is 2.13 bits per heavy atom. The Kier molecular flexibility index (Phi) is 3.96. The molecule has 1 fully saturated rings. The van der Waals surface area contributed by atoms with E-state index in [1.54, 1.807) is 0 Å². The van der Waals surface area contributed by atoms with Crippen LogP contribution in [-0.2, 0) is 21.9 Å². The van der Waals surface area contributed by atoms with E-state index in [1.807, 2.05) is 24.0 Å². The average molecular weight is 333 g/mol. The highest BCUT2D eigenvalue weighted by molar-refractivity contribution is 7.91. The molecule has 1 aliphatic rings. The zero-order chi connectivity index (χ0) is 16.7. The van der Waals surface area contributed by atoms with E-state index in [0.717, 1.165) is 11.3 Å². The smallest absolute Gasteiger partial charge is 0.152 e. The minimum absolute atomic E-state index is 0.172. The van der Waals surface area contributed by atoms with Crippen LogP contribution in [0.2, 0.25) is 0 Å². The Morgan fingerprint density at radius 1 is 1.35 bits per heavy atom. The van der Waals surface area contributed by atoms with Crippen molar-refractivity contribution in [1.82, 2.24) is 9.78 Å². The van der Waals surface area contributed by atoms with Gasteiger partial charge in [-0.3, -0.25) is 4.68 Å². The molecule has 0 spiro atoms. The normalized spacial score (nSPS) is 23.1. The Bertz CT molecular complexity index is 826. The number of rotatable bonds is 4. The molecule has 0 aliphatic carbocycles. The molecule has 124 valence electrons. The van der Waals surface area contributed by atoms with Crippen LogP contribution in [0.3, 0.4) is 0 Å². The van der Waals surface area contributed by atoms with E-state index in [2.05, 4.69) is 42.5 Å². The first kappa shape index (κ1) is 16.1. The Morgan fingerprint density at radius 3 is 2.78 bits per heavy atom. The molecule has 1 aromatic heterocycles. The zero-order valence-corrected chi connectivity index (χ0v) is 14.7. The van der Waals surface area contributed by atoms with Crippen LogP contribution < -0.4 is 5.32 Å². The van der Waals surface area contributed by atoms with Gasteiger partial charge < -0.3 is 5.32 Å². The molecule has 1 aromatic carbocycles. The maximum atomic E-state index is 11.7. The first-order valence-electron chi connectivity index (χ1n) is 7.83. The highest BCUT2D eigenvalue weighted by Gasteiger charge is 2.40. The predicted octanol–water partition coefficient (Wildman–Crippen LogP) is 2.65. The van der Waals surface area contributed by atoms with Crippen LogP contribution in [0, 0.1) is 13.8 Å². The highest BCUT2D eigenvalue weighted by atomic mass is 32.2. The minimum Gasteiger partial charge on any atom is -0.381 e. The fourth-order valence-corrected chi connectivity index (χ4v) is 5.25. The first-order valence-corrected chi connectivity index (χ1v) is 9.65. The van der Waals surface area contributed by atoms with Gasteiger partial charge in [0.25, 0.3) is 0 Å². The van der Waals surface area contributed by atoms with E-state index in [4.69, 9.17) is 0 Å². The molecule has 0 radical (unpaired) electrons. The van der Waals surface area contributed by atoms with Crippen LogP contribution in [0.5, 0.6) is 0 Å². The van der Waals surface area contributed by atoms with Gasteiger partial charge in [0.2, 0.25) is 0 Å². The van der Waals surface area contributed by atoms with Crippen molar-refractivity contribution in [3.8, 4) is 0 Å². The number of hydrogen-bond donors (Lipinski definition) is 1. The maximum absolute atomic E-state index is 11.7. The van der Waals surface area contributed by atoms with Crippen LogP contribution in [0.4, 0.5) is 5.69 Å².